The summed E-state index contributed by atoms with van der Waals surface area (Å²) >= 11 is 0. The predicted molar refractivity (Wildman–Crippen MR) is 76.8 cm³/mol. The number of piperidine rings is 1. The smallest absolute Gasteiger partial charge is 0.237 e. The highest BCUT2D eigenvalue weighted by Gasteiger charge is 2.41. The van der Waals surface area contributed by atoms with E-state index in [-0.39, 0.29) is 11.9 Å². The molecule has 108 valence electrons. The number of hydrogen-bond acceptors (Lipinski definition) is 2. The summed E-state index contributed by atoms with van der Waals surface area (Å²) in [5.41, 5.74) is 0. The van der Waals surface area contributed by atoms with E-state index in [0.29, 0.717) is 0 Å². The fourth-order valence-corrected chi connectivity index (χ4v) is 3.68. The molecule has 2 unspecified atom stereocenters. The van der Waals surface area contributed by atoms with Crippen molar-refractivity contribution in [3.8, 4) is 0 Å². The monoisotopic (exact) mass is 264 g/mol. The maximum Gasteiger partial charge on any atom is 0.237 e. The minimum atomic E-state index is 0.0674. The molecule has 19 heavy (non-hydrogen) atoms. The van der Waals surface area contributed by atoms with Crippen molar-refractivity contribution >= 4 is 5.91 Å². The average Bonchev–Trinajstić information content (AvgIpc) is 3.31. The van der Waals surface area contributed by atoms with Gasteiger partial charge in [0.2, 0.25) is 5.91 Å². The Morgan fingerprint density at radius 1 is 1.21 bits per heavy atom. The standard InChI is InChI=1S/C16H28N2O/c1-2-11-7-8-17-15(9-11)16(19)18-10-14(12-3-4-12)13-5-6-13/h11-15,17H,2-10H2,1H3,(H,18,19). The molecule has 3 aliphatic rings. The average molecular weight is 264 g/mol. The molecule has 0 aromatic rings. The van der Waals surface area contributed by atoms with Crippen molar-refractivity contribution in [2.24, 2.45) is 23.7 Å². The van der Waals surface area contributed by atoms with E-state index in [1.54, 1.807) is 0 Å². The zero-order valence-corrected chi connectivity index (χ0v) is 12.2. The maximum atomic E-state index is 12.3. The molecular weight excluding hydrogens is 236 g/mol. The van der Waals surface area contributed by atoms with Crippen LogP contribution in [0, 0.1) is 23.7 Å². The van der Waals surface area contributed by atoms with Gasteiger partial charge in [0.15, 0.2) is 0 Å². The molecular formula is C16H28N2O. The molecule has 3 heteroatoms. The van der Waals surface area contributed by atoms with Crippen LogP contribution in [0.25, 0.3) is 0 Å². The van der Waals surface area contributed by atoms with Gasteiger partial charge in [-0.25, -0.2) is 0 Å². The van der Waals surface area contributed by atoms with Crippen molar-refractivity contribution in [2.75, 3.05) is 13.1 Å². The van der Waals surface area contributed by atoms with Crippen LogP contribution in [0.5, 0.6) is 0 Å². The molecule has 1 aliphatic heterocycles. The number of nitrogens with one attached hydrogen (secondary N) is 2. The molecule has 2 atom stereocenters. The lowest BCUT2D eigenvalue weighted by molar-refractivity contribution is -0.124. The first-order valence-electron chi connectivity index (χ1n) is 8.29. The molecule has 2 aliphatic carbocycles. The molecule has 3 rings (SSSR count). The Morgan fingerprint density at radius 3 is 2.47 bits per heavy atom. The number of hydrogen-bond donors (Lipinski definition) is 2. The van der Waals surface area contributed by atoms with E-state index in [0.717, 1.165) is 43.2 Å². The third-order valence-corrected chi connectivity index (χ3v) is 5.37. The Morgan fingerprint density at radius 2 is 1.89 bits per heavy atom. The van der Waals surface area contributed by atoms with E-state index in [4.69, 9.17) is 0 Å². The van der Waals surface area contributed by atoms with Crippen LogP contribution in [-0.4, -0.2) is 25.0 Å². The topological polar surface area (TPSA) is 41.1 Å². The van der Waals surface area contributed by atoms with Crippen molar-refractivity contribution < 1.29 is 4.79 Å². The fourth-order valence-electron chi connectivity index (χ4n) is 3.68. The first-order chi connectivity index (χ1) is 9.28. The van der Waals surface area contributed by atoms with Crippen LogP contribution in [0.15, 0.2) is 0 Å². The second-order valence-electron chi connectivity index (χ2n) is 6.89. The molecule has 0 bridgehead atoms. The third kappa shape index (κ3) is 3.50. The van der Waals surface area contributed by atoms with Gasteiger partial charge < -0.3 is 10.6 Å². The normalized spacial score (nSPS) is 31.5. The summed E-state index contributed by atoms with van der Waals surface area (Å²) in [6, 6.07) is 0.0674. The van der Waals surface area contributed by atoms with Crippen LogP contribution in [0.1, 0.15) is 51.9 Å². The Labute approximate surface area is 116 Å². The lowest BCUT2D eigenvalue weighted by atomic mass is 9.90. The highest BCUT2D eigenvalue weighted by molar-refractivity contribution is 5.81. The maximum absolute atomic E-state index is 12.3. The number of carbonyl (C=O) groups is 1. The summed E-state index contributed by atoms with van der Waals surface area (Å²) in [4.78, 5) is 12.3. The Bertz CT molecular complexity index is 311. The van der Waals surface area contributed by atoms with Gasteiger partial charge in [-0.1, -0.05) is 13.3 Å². The van der Waals surface area contributed by atoms with E-state index in [1.807, 2.05) is 0 Å². The van der Waals surface area contributed by atoms with Gasteiger partial charge in [0, 0.05) is 6.54 Å². The predicted octanol–water partition coefficient (Wildman–Crippen LogP) is 2.32. The first-order valence-corrected chi connectivity index (χ1v) is 8.29. The third-order valence-electron chi connectivity index (χ3n) is 5.37. The van der Waals surface area contributed by atoms with E-state index in [1.165, 1.54) is 38.5 Å². The van der Waals surface area contributed by atoms with Crippen molar-refractivity contribution in [3.05, 3.63) is 0 Å². The zero-order chi connectivity index (χ0) is 13.2. The summed E-state index contributed by atoms with van der Waals surface area (Å²) in [7, 11) is 0. The highest BCUT2D eigenvalue weighted by atomic mass is 16.2. The lowest BCUT2D eigenvalue weighted by Gasteiger charge is -2.29. The molecule has 2 N–H and O–H groups in total. The summed E-state index contributed by atoms with van der Waals surface area (Å²) < 4.78 is 0. The molecule has 3 nitrogen and oxygen atoms in total. The van der Waals surface area contributed by atoms with Crippen LogP contribution < -0.4 is 10.6 Å². The molecule has 3 fully saturated rings. The fraction of sp³-hybridized carbons (Fsp3) is 0.938. The van der Waals surface area contributed by atoms with Gasteiger partial charge in [0.25, 0.3) is 0 Å². The molecule has 0 spiro atoms. The second kappa shape index (κ2) is 5.82. The van der Waals surface area contributed by atoms with E-state index < -0.39 is 0 Å². The summed E-state index contributed by atoms with van der Waals surface area (Å²) in [6.45, 7) is 4.18. The lowest BCUT2D eigenvalue weighted by Crippen LogP contribution is -2.49. The van der Waals surface area contributed by atoms with Gasteiger partial charge in [-0.2, -0.15) is 0 Å². The van der Waals surface area contributed by atoms with Crippen molar-refractivity contribution in [1.82, 2.24) is 10.6 Å². The summed E-state index contributed by atoms with van der Waals surface area (Å²) in [5.74, 6) is 3.63. The molecule has 1 saturated heterocycles. The van der Waals surface area contributed by atoms with Crippen molar-refractivity contribution in [2.45, 2.75) is 57.9 Å². The Kier molecular flexibility index (Phi) is 4.11. The van der Waals surface area contributed by atoms with Crippen LogP contribution in [0.2, 0.25) is 0 Å². The van der Waals surface area contributed by atoms with Crippen LogP contribution in [0.3, 0.4) is 0 Å². The molecule has 2 saturated carbocycles. The van der Waals surface area contributed by atoms with Crippen LogP contribution >= 0.6 is 0 Å². The largest absolute Gasteiger partial charge is 0.354 e. The number of amides is 1. The number of carbonyl (C=O) groups excluding carboxylic acids is 1. The van der Waals surface area contributed by atoms with Gasteiger partial charge in [0.1, 0.15) is 0 Å². The van der Waals surface area contributed by atoms with E-state index in [9.17, 15) is 4.79 Å². The zero-order valence-electron chi connectivity index (χ0n) is 12.2. The van der Waals surface area contributed by atoms with Gasteiger partial charge >= 0.3 is 0 Å². The minimum absolute atomic E-state index is 0.0674. The molecule has 1 amide bonds. The Hall–Kier alpha value is -0.570. The summed E-state index contributed by atoms with van der Waals surface area (Å²) in [5, 5.41) is 6.62. The van der Waals surface area contributed by atoms with Crippen LogP contribution in [0.4, 0.5) is 0 Å². The highest BCUT2D eigenvalue weighted by Crippen LogP contribution is 2.48. The second-order valence-corrected chi connectivity index (χ2v) is 6.89. The molecule has 0 radical (unpaired) electrons. The van der Waals surface area contributed by atoms with Gasteiger partial charge in [-0.3, -0.25) is 4.79 Å². The van der Waals surface area contributed by atoms with E-state index in [2.05, 4.69) is 17.6 Å². The molecule has 0 aromatic heterocycles. The van der Waals surface area contributed by atoms with E-state index >= 15 is 0 Å². The first kappa shape index (κ1) is 13.4. The van der Waals surface area contributed by atoms with Gasteiger partial charge in [-0.05, 0) is 68.7 Å². The molecule has 0 aromatic carbocycles. The van der Waals surface area contributed by atoms with Gasteiger partial charge in [-0.15, -0.1) is 0 Å². The summed E-state index contributed by atoms with van der Waals surface area (Å²) in [6.07, 6.45) is 9.06. The van der Waals surface area contributed by atoms with Crippen LogP contribution in [-0.2, 0) is 4.79 Å². The minimum Gasteiger partial charge on any atom is -0.354 e. The Balaban J connectivity index is 1.44. The van der Waals surface area contributed by atoms with Gasteiger partial charge in [0.05, 0.1) is 6.04 Å². The number of rotatable bonds is 6. The SMILES string of the molecule is CCC1CCNC(C(=O)NCC(C2CC2)C2CC2)C1. The molecule has 1 heterocycles. The quantitative estimate of drug-likeness (QED) is 0.773. The van der Waals surface area contributed by atoms with Crippen molar-refractivity contribution in [3.63, 3.8) is 0 Å². The van der Waals surface area contributed by atoms with Crippen molar-refractivity contribution in [1.29, 1.82) is 0 Å².